The van der Waals surface area contributed by atoms with Crippen LogP contribution >= 0.6 is 11.8 Å². The Morgan fingerprint density at radius 1 is 0.705 bits per heavy atom. The van der Waals surface area contributed by atoms with Gasteiger partial charge in [0.05, 0.1) is 50.9 Å². The lowest BCUT2D eigenvalue weighted by Gasteiger charge is -2.12. The van der Waals surface area contributed by atoms with E-state index >= 15 is 0 Å². The van der Waals surface area contributed by atoms with E-state index in [1.165, 1.54) is 15.9 Å². The molecule has 3 aromatic carbocycles. The fourth-order valence-electron chi connectivity index (χ4n) is 3.86. The average Bonchev–Trinajstić information content (AvgIpc) is 3.70. The maximum atomic E-state index is 11.1. The van der Waals surface area contributed by atoms with E-state index in [2.05, 4.69) is 56.8 Å². The maximum absolute atomic E-state index is 11.1. The molecule has 0 spiro atoms. The second kappa shape index (κ2) is 16.8. The molecule has 0 aliphatic carbocycles. The molecular formula is C31H37N7O4S2. The Bertz CT molecular complexity index is 1630. The summed E-state index contributed by atoms with van der Waals surface area (Å²) < 4.78 is 33.7. The lowest BCUT2D eigenvalue weighted by Crippen LogP contribution is -2.19. The number of rotatable bonds is 14. The monoisotopic (exact) mass is 635 g/mol. The molecule has 2 N–H and O–H groups in total. The first-order valence-electron chi connectivity index (χ1n) is 14.1. The number of sulfonamides is 1. The smallest absolute Gasteiger partial charge is 0.259 e. The van der Waals surface area contributed by atoms with Crippen molar-refractivity contribution in [1.29, 1.82) is 0 Å². The van der Waals surface area contributed by atoms with Crippen LogP contribution in [0.4, 0.5) is 0 Å². The third-order valence-electron chi connectivity index (χ3n) is 6.15. The normalized spacial score (nSPS) is 12.7. The van der Waals surface area contributed by atoms with Gasteiger partial charge in [-0.05, 0) is 30.5 Å². The van der Waals surface area contributed by atoms with Crippen LogP contribution in [0.15, 0.2) is 113 Å². The van der Waals surface area contributed by atoms with Crippen molar-refractivity contribution in [3.8, 4) is 0 Å². The van der Waals surface area contributed by atoms with Crippen molar-refractivity contribution in [3.05, 3.63) is 120 Å². The molecule has 2 heterocycles. The largest absolute Gasteiger partial charge is 0.372 e. The molecule has 13 heteroatoms. The number of primary sulfonamides is 1. The molecular weight excluding hydrogens is 599 g/mol. The van der Waals surface area contributed by atoms with Gasteiger partial charge in [0.1, 0.15) is 5.03 Å². The minimum Gasteiger partial charge on any atom is -0.372 e. The highest BCUT2D eigenvalue weighted by Gasteiger charge is 2.14. The molecule has 0 saturated heterocycles. The molecule has 0 aliphatic rings. The average molecular weight is 636 g/mol. The summed E-state index contributed by atoms with van der Waals surface area (Å²) in [6.45, 7) is 6.00. The molecule has 0 bridgehead atoms. The standard InChI is InChI=1S/C19H21N3OS.C12H16N4O3S/c1-16(23-14-17-8-4-2-5-9-17)13-22-20-12-19(21-22)24-15-18-10-6-3-7-11-18;1-10(19-9-11-5-3-2-4-6-11)8-16-14-7-12(15-16)20(13,17)18/h2-12,16H,13-15H2,1H3;2-7,10H,8-9H2,1H3,(H2,13,17,18)/t16-;10-/m11/s1. The van der Waals surface area contributed by atoms with Gasteiger partial charge in [0.2, 0.25) is 5.03 Å². The number of nitrogens with zero attached hydrogens (tertiary/aromatic N) is 6. The minimum absolute atomic E-state index is 0.0598. The summed E-state index contributed by atoms with van der Waals surface area (Å²) in [6, 6.07) is 30.3. The summed E-state index contributed by atoms with van der Waals surface area (Å²) in [7, 11) is -3.81. The van der Waals surface area contributed by atoms with Gasteiger partial charge in [-0.1, -0.05) is 103 Å². The van der Waals surface area contributed by atoms with Crippen LogP contribution in [0.1, 0.15) is 30.5 Å². The van der Waals surface area contributed by atoms with Crippen molar-refractivity contribution in [1.82, 2.24) is 30.0 Å². The first-order chi connectivity index (χ1) is 21.2. The second-order valence-electron chi connectivity index (χ2n) is 10.0. The molecule has 5 aromatic rings. The summed E-state index contributed by atoms with van der Waals surface area (Å²) in [5, 5.41) is 22.1. The highest BCUT2D eigenvalue weighted by Crippen LogP contribution is 2.19. The zero-order chi connectivity index (χ0) is 31.2. The van der Waals surface area contributed by atoms with Crippen LogP contribution in [0, 0.1) is 0 Å². The van der Waals surface area contributed by atoms with E-state index in [0.29, 0.717) is 26.3 Å². The lowest BCUT2D eigenvalue weighted by atomic mass is 10.2. The number of nitrogens with two attached hydrogens (primary N) is 1. The van der Waals surface area contributed by atoms with Gasteiger partial charge < -0.3 is 9.47 Å². The van der Waals surface area contributed by atoms with Gasteiger partial charge >= 0.3 is 0 Å². The second-order valence-corrected chi connectivity index (χ2v) is 12.5. The Balaban J connectivity index is 0.000000204. The number of thioether (sulfide) groups is 1. The van der Waals surface area contributed by atoms with Gasteiger partial charge in [-0.3, -0.25) is 0 Å². The Morgan fingerprint density at radius 2 is 1.16 bits per heavy atom. The molecule has 2 atom stereocenters. The predicted molar refractivity (Wildman–Crippen MR) is 169 cm³/mol. The van der Waals surface area contributed by atoms with E-state index < -0.39 is 10.0 Å². The van der Waals surface area contributed by atoms with Crippen LogP contribution in [0.3, 0.4) is 0 Å². The van der Waals surface area contributed by atoms with Gasteiger partial charge in [-0.25, -0.2) is 13.6 Å². The van der Waals surface area contributed by atoms with Crippen molar-refractivity contribution in [2.75, 3.05) is 0 Å². The molecule has 11 nitrogen and oxygen atoms in total. The molecule has 0 aliphatic heterocycles. The highest BCUT2D eigenvalue weighted by atomic mass is 32.2. The third kappa shape index (κ3) is 11.7. The van der Waals surface area contributed by atoms with E-state index in [1.807, 2.05) is 74.6 Å². The molecule has 0 fully saturated rings. The molecule has 0 saturated carbocycles. The van der Waals surface area contributed by atoms with Crippen molar-refractivity contribution < 1.29 is 17.9 Å². The first-order valence-corrected chi connectivity index (χ1v) is 16.6. The Labute approximate surface area is 262 Å². The number of hydrogen-bond donors (Lipinski definition) is 1. The summed E-state index contributed by atoms with van der Waals surface area (Å²) in [5.41, 5.74) is 3.53. The summed E-state index contributed by atoms with van der Waals surface area (Å²) >= 11 is 1.70. The topological polar surface area (TPSA) is 140 Å². The molecule has 232 valence electrons. The summed E-state index contributed by atoms with van der Waals surface area (Å²) in [6.07, 6.45) is 2.84. The van der Waals surface area contributed by atoms with E-state index in [1.54, 1.807) is 16.6 Å². The van der Waals surface area contributed by atoms with Gasteiger partial charge in [0.25, 0.3) is 10.0 Å². The Morgan fingerprint density at radius 3 is 1.64 bits per heavy atom. The van der Waals surface area contributed by atoms with Gasteiger partial charge in [-0.2, -0.15) is 19.8 Å². The fraction of sp³-hybridized carbons (Fsp3) is 0.290. The minimum atomic E-state index is -3.81. The zero-order valence-electron chi connectivity index (χ0n) is 24.7. The molecule has 0 radical (unpaired) electrons. The zero-order valence-corrected chi connectivity index (χ0v) is 26.3. The van der Waals surface area contributed by atoms with Crippen LogP contribution in [0.2, 0.25) is 0 Å². The van der Waals surface area contributed by atoms with E-state index in [4.69, 9.17) is 14.6 Å². The number of hydrogen-bond acceptors (Lipinski definition) is 9. The molecule has 0 amide bonds. The van der Waals surface area contributed by atoms with Gasteiger partial charge in [0.15, 0.2) is 0 Å². The first kappa shape index (κ1) is 33.0. The fourth-order valence-corrected chi connectivity index (χ4v) is 5.04. The van der Waals surface area contributed by atoms with Crippen molar-refractivity contribution in [2.45, 2.75) is 68.2 Å². The van der Waals surface area contributed by atoms with Crippen LogP contribution in [0.25, 0.3) is 0 Å². The van der Waals surface area contributed by atoms with E-state index in [9.17, 15) is 8.42 Å². The summed E-state index contributed by atoms with van der Waals surface area (Å²) in [5.74, 6) is 0.902. The van der Waals surface area contributed by atoms with Crippen LogP contribution in [-0.2, 0) is 51.6 Å². The molecule has 0 unspecified atom stereocenters. The molecule has 44 heavy (non-hydrogen) atoms. The quantitative estimate of drug-likeness (QED) is 0.172. The number of benzene rings is 3. The molecule has 2 aromatic heterocycles. The SMILES string of the molecule is C[C@H](Cn1ncc(S(N)(=O)=O)n1)OCc1ccccc1.C[C@H](Cn1ncc(SCc2ccccc2)n1)OCc1ccccc1. The Hall–Kier alpha value is -3.88. The van der Waals surface area contributed by atoms with Crippen LogP contribution in [0.5, 0.6) is 0 Å². The third-order valence-corrected chi connectivity index (χ3v) is 7.88. The molecule has 5 rings (SSSR count). The van der Waals surface area contributed by atoms with Crippen molar-refractivity contribution in [3.63, 3.8) is 0 Å². The maximum Gasteiger partial charge on any atom is 0.259 e. The number of aromatic nitrogens is 6. The van der Waals surface area contributed by atoms with Gasteiger partial charge in [0, 0.05) is 5.75 Å². The van der Waals surface area contributed by atoms with Crippen LogP contribution in [-0.4, -0.2) is 50.6 Å². The number of ether oxygens (including phenoxy) is 2. The Kier molecular flexibility index (Phi) is 12.6. The highest BCUT2D eigenvalue weighted by molar-refractivity contribution is 7.98. The van der Waals surface area contributed by atoms with Gasteiger partial charge in [-0.15, -0.1) is 10.2 Å². The van der Waals surface area contributed by atoms with Crippen molar-refractivity contribution >= 4 is 21.8 Å². The van der Waals surface area contributed by atoms with E-state index in [-0.39, 0.29) is 17.2 Å². The lowest BCUT2D eigenvalue weighted by molar-refractivity contribution is 0.0365. The predicted octanol–water partition coefficient (Wildman–Crippen LogP) is 4.71. The van der Waals surface area contributed by atoms with Crippen LogP contribution < -0.4 is 5.14 Å². The summed E-state index contributed by atoms with van der Waals surface area (Å²) in [4.78, 5) is 2.97. The van der Waals surface area contributed by atoms with Crippen molar-refractivity contribution in [2.24, 2.45) is 5.14 Å². The van der Waals surface area contributed by atoms with E-state index in [0.717, 1.165) is 22.5 Å².